The third-order valence-electron chi connectivity index (χ3n) is 2.85. The predicted molar refractivity (Wildman–Crippen MR) is 79.1 cm³/mol. The Balaban J connectivity index is 2.26. The van der Waals surface area contributed by atoms with Gasteiger partial charge in [0, 0.05) is 10.7 Å². The Hall–Kier alpha value is -1.80. The van der Waals surface area contributed by atoms with Gasteiger partial charge in [0.15, 0.2) is 0 Å². The number of hydrogen-bond donors (Lipinski definition) is 1. The summed E-state index contributed by atoms with van der Waals surface area (Å²) in [5.41, 5.74) is -1.64. The van der Waals surface area contributed by atoms with Gasteiger partial charge in [0.2, 0.25) is 10.0 Å². The molecule has 9 heteroatoms. The molecule has 0 atom stereocenters. The molecule has 1 N–H and O–H groups in total. The molecule has 2 aromatic carbocycles. The summed E-state index contributed by atoms with van der Waals surface area (Å²) < 4.78 is 77.1. The zero-order chi connectivity index (χ0) is 17.3. The lowest BCUT2D eigenvalue weighted by atomic mass is 10.2. The Morgan fingerprint density at radius 2 is 1.74 bits per heavy atom. The second kappa shape index (κ2) is 6.37. The van der Waals surface area contributed by atoms with E-state index in [4.69, 9.17) is 11.6 Å². The van der Waals surface area contributed by atoms with Gasteiger partial charge in [0.1, 0.15) is 5.82 Å². The van der Waals surface area contributed by atoms with Gasteiger partial charge in [-0.25, -0.2) is 12.8 Å². The first-order valence-corrected chi connectivity index (χ1v) is 8.22. The molecule has 0 amide bonds. The second-order valence-electron chi connectivity index (χ2n) is 4.64. The highest BCUT2D eigenvalue weighted by Crippen LogP contribution is 2.33. The number of anilines is 1. The van der Waals surface area contributed by atoms with Crippen LogP contribution in [-0.4, -0.2) is 8.42 Å². The molecule has 23 heavy (non-hydrogen) atoms. The molecule has 0 aliphatic carbocycles. The Morgan fingerprint density at radius 3 is 2.35 bits per heavy atom. The molecule has 2 aromatic rings. The van der Waals surface area contributed by atoms with Crippen LogP contribution in [0, 0.1) is 5.82 Å². The summed E-state index contributed by atoms with van der Waals surface area (Å²) in [4.78, 5) is 0. The van der Waals surface area contributed by atoms with Gasteiger partial charge in [0.05, 0.1) is 11.3 Å². The Kier molecular flexibility index (Phi) is 4.86. The summed E-state index contributed by atoms with van der Waals surface area (Å²) in [6, 6.07) is 8.03. The molecule has 0 aliphatic rings. The second-order valence-corrected chi connectivity index (χ2v) is 6.77. The lowest BCUT2D eigenvalue weighted by molar-refractivity contribution is -0.139. The van der Waals surface area contributed by atoms with Crippen molar-refractivity contribution in [1.29, 1.82) is 0 Å². The summed E-state index contributed by atoms with van der Waals surface area (Å²) in [6.45, 7) is 0. The highest BCUT2D eigenvalue weighted by molar-refractivity contribution is 7.91. The summed E-state index contributed by atoms with van der Waals surface area (Å²) in [7, 11) is -4.01. The number of sulfonamides is 1. The summed E-state index contributed by atoms with van der Waals surface area (Å²) >= 11 is 5.85. The first-order valence-electron chi connectivity index (χ1n) is 6.19. The lowest BCUT2D eigenvalue weighted by Crippen LogP contribution is -2.16. The lowest BCUT2D eigenvalue weighted by Gasteiger charge is -2.12. The Morgan fingerprint density at radius 1 is 1.09 bits per heavy atom. The zero-order valence-corrected chi connectivity index (χ0v) is 12.9. The van der Waals surface area contributed by atoms with Crippen molar-refractivity contribution in [2.24, 2.45) is 0 Å². The number of alkyl halides is 3. The van der Waals surface area contributed by atoms with Crippen LogP contribution in [0.1, 0.15) is 11.1 Å². The van der Waals surface area contributed by atoms with Crippen LogP contribution in [0.2, 0.25) is 5.02 Å². The van der Waals surface area contributed by atoms with Crippen LogP contribution in [0.15, 0.2) is 42.5 Å². The average Bonchev–Trinajstić information content (AvgIpc) is 2.42. The monoisotopic (exact) mass is 367 g/mol. The molecule has 0 aliphatic heterocycles. The van der Waals surface area contributed by atoms with E-state index < -0.39 is 33.3 Å². The van der Waals surface area contributed by atoms with Crippen molar-refractivity contribution in [1.82, 2.24) is 0 Å². The highest BCUT2D eigenvalue weighted by atomic mass is 35.5. The maximum atomic E-state index is 13.2. The number of halogens is 5. The third kappa shape index (κ3) is 4.59. The van der Waals surface area contributed by atoms with E-state index in [9.17, 15) is 26.0 Å². The Labute approximate surface area is 134 Å². The standard InChI is InChI=1S/C14H10ClF4NO2S/c15-12-4-2-1-3-9(12)8-23(21,22)20-10-5-6-13(16)11(7-10)14(17,18)19/h1-7,20H,8H2. The minimum absolute atomic E-state index is 0.216. The van der Waals surface area contributed by atoms with Gasteiger partial charge in [-0.1, -0.05) is 29.8 Å². The molecular formula is C14H10ClF4NO2S. The van der Waals surface area contributed by atoms with Gasteiger partial charge in [0.25, 0.3) is 0 Å². The van der Waals surface area contributed by atoms with E-state index in [2.05, 4.69) is 0 Å². The van der Waals surface area contributed by atoms with E-state index in [0.717, 1.165) is 6.07 Å². The fraction of sp³-hybridized carbons (Fsp3) is 0.143. The van der Waals surface area contributed by atoms with Crippen molar-refractivity contribution in [3.05, 3.63) is 64.4 Å². The number of rotatable bonds is 4. The van der Waals surface area contributed by atoms with Gasteiger partial charge in [-0.05, 0) is 29.8 Å². The number of nitrogens with one attached hydrogen (secondary N) is 1. The molecule has 0 bridgehead atoms. The SMILES string of the molecule is O=S(=O)(Cc1ccccc1Cl)Nc1ccc(F)c(C(F)(F)F)c1. The van der Waals surface area contributed by atoms with Crippen LogP contribution in [-0.2, 0) is 22.0 Å². The smallest absolute Gasteiger partial charge is 0.283 e. The first-order chi connectivity index (χ1) is 10.6. The minimum Gasteiger partial charge on any atom is -0.283 e. The van der Waals surface area contributed by atoms with Crippen molar-refractivity contribution in [3.63, 3.8) is 0 Å². The topological polar surface area (TPSA) is 46.2 Å². The van der Waals surface area contributed by atoms with E-state index in [1.807, 2.05) is 4.72 Å². The highest BCUT2D eigenvalue weighted by Gasteiger charge is 2.34. The number of benzene rings is 2. The normalized spacial score (nSPS) is 12.2. The summed E-state index contributed by atoms with van der Waals surface area (Å²) in [6.07, 6.45) is -4.92. The molecule has 124 valence electrons. The van der Waals surface area contributed by atoms with Crippen molar-refractivity contribution in [2.75, 3.05) is 4.72 Å². The Bertz CT molecular complexity index is 822. The van der Waals surface area contributed by atoms with E-state index >= 15 is 0 Å². The van der Waals surface area contributed by atoms with Crippen LogP contribution in [0.4, 0.5) is 23.2 Å². The largest absolute Gasteiger partial charge is 0.419 e. The quantitative estimate of drug-likeness (QED) is 0.812. The van der Waals surface area contributed by atoms with Crippen LogP contribution in [0.25, 0.3) is 0 Å². The van der Waals surface area contributed by atoms with Crippen LogP contribution in [0.5, 0.6) is 0 Å². The molecule has 0 aromatic heterocycles. The van der Waals surface area contributed by atoms with E-state index in [0.29, 0.717) is 17.7 Å². The minimum atomic E-state index is -4.92. The fourth-order valence-corrected chi connectivity index (χ4v) is 3.34. The molecule has 3 nitrogen and oxygen atoms in total. The molecule has 2 rings (SSSR count). The summed E-state index contributed by atoms with van der Waals surface area (Å²) in [5.74, 6) is -2.00. The maximum absolute atomic E-state index is 13.2. The van der Waals surface area contributed by atoms with Crippen molar-refractivity contribution in [2.45, 2.75) is 11.9 Å². The van der Waals surface area contributed by atoms with E-state index in [-0.39, 0.29) is 10.7 Å². The van der Waals surface area contributed by atoms with Crippen LogP contribution >= 0.6 is 11.6 Å². The van der Waals surface area contributed by atoms with Gasteiger partial charge < -0.3 is 0 Å². The summed E-state index contributed by atoms with van der Waals surface area (Å²) in [5, 5.41) is 0.216. The molecule has 0 heterocycles. The van der Waals surface area contributed by atoms with Crippen LogP contribution in [0.3, 0.4) is 0 Å². The molecule has 0 radical (unpaired) electrons. The molecule has 0 saturated carbocycles. The molecule has 0 unspecified atom stereocenters. The van der Waals surface area contributed by atoms with Crippen molar-refractivity contribution < 1.29 is 26.0 Å². The van der Waals surface area contributed by atoms with Gasteiger partial charge in [-0.15, -0.1) is 0 Å². The fourth-order valence-electron chi connectivity index (χ4n) is 1.84. The van der Waals surface area contributed by atoms with Gasteiger partial charge >= 0.3 is 6.18 Å². The van der Waals surface area contributed by atoms with Crippen LogP contribution < -0.4 is 4.72 Å². The molecular weight excluding hydrogens is 358 g/mol. The predicted octanol–water partition coefficient (Wildman–Crippen LogP) is 4.44. The van der Waals surface area contributed by atoms with Crippen molar-refractivity contribution in [3.8, 4) is 0 Å². The number of hydrogen-bond acceptors (Lipinski definition) is 2. The first kappa shape index (κ1) is 17.6. The van der Waals surface area contributed by atoms with E-state index in [1.165, 1.54) is 12.1 Å². The molecule has 0 spiro atoms. The van der Waals surface area contributed by atoms with Gasteiger partial charge in [-0.2, -0.15) is 13.2 Å². The van der Waals surface area contributed by atoms with Gasteiger partial charge in [-0.3, -0.25) is 4.72 Å². The average molecular weight is 368 g/mol. The molecule has 0 fully saturated rings. The van der Waals surface area contributed by atoms with Crippen molar-refractivity contribution >= 4 is 27.3 Å². The van der Waals surface area contributed by atoms with E-state index in [1.54, 1.807) is 12.1 Å². The maximum Gasteiger partial charge on any atom is 0.419 e. The third-order valence-corrected chi connectivity index (χ3v) is 4.45. The zero-order valence-electron chi connectivity index (χ0n) is 11.4. The molecule has 0 saturated heterocycles.